The number of piperidine rings is 1. The largest absolute Gasteiger partial charge is 0.492 e. The molecule has 3 N–H and O–H groups in total. The van der Waals surface area contributed by atoms with Crippen molar-refractivity contribution in [2.75, 3.05) is 51.7 Å². The zero-order valence-electron chi connectivity index (χ0n) is 23.7. The van der Waals surface area contributed by atoms with Gasteiger partial charge in [-0.05, 0) is 56.1 Å². The summed E-state index contributed by atoms with van der Waals surface area (Å²) in [6, 6.07) is 12.5. The summed E-state index contributed by atoms with van der Waals surface area (Å²) in [7, 11) is -0.210. The minimum Gasteiger partial charge on any atom is -0.492 e. The highest BCUT2D eigenvalue weighted by atomic mass is 32.2. The van der Waals surface area contributed by atoms with E-state index in [0.29, 0.717) is 39.0 Å². The number of rotatable bonds is 2. The van der Waals surface area contributed by atoms with E-state index in [0.717, 1.165) is 22.4 Å². The van der Waals surface area contributed by atoms with Gasteiger partial charge in [0.05, 0.1) is 18.9 Å². The Hall–Kier alpha value is -3.45. The number of β-amino-alcohol motifs (C(OH)–C–C–N with tert-alkyl or cyclic N) is 1. The first kappa shape index (κ1) is 29.1. The lowest BCUT2D eigenvalue weighted by molar-refractivity contribution is 0.0256. The molecular formula is C29H38N6O5S. The van der Waals surface area contributed by atoms with Gasteiger partial charge in [0.2, 0.25) is 10.0 Å². The van der Waals surface area contributed by atoms with E-state index in [2.05, 4.69) is 15.1 Å². The van der Waals surface area contributed by atoms with Crippen LogP contribution in [0.15, 0.2) is 59.8 Å². The fraction of sp³-hybridized carbons (Fsp3) is 0.448. The number of anilines is 1. The van der Waals surface area contributed by atoms with Crippen LogP contribution in [0, 0.1) is 12.3 Å². The summed E-state index contributed by atoms with van der Waals surface area (Å²) in [6.07, 6.45) is 4.02. The Bertz CT molecular complexity index is 1500. The Labute approximate surface area is 241 Å². The molecule has 2 aliphatic rings. The van der Waals surface area contributed by atoms with Gasteiger partial charge in [-0.3, -0.25) is 4.68 Å². The highest BCUT2D eigenvalue weighted by molar-refractivity contribution is 7.89. The molecule has 220 valence electrons. The number of fused-ring (bicyclic) bond motifs is 1. The van der Waals surface area contributed by atoms with Crippen molar-refractivity contribution < 1.29 is 23.1 Å². The standard InChI is InChI=1S/C29H38N6O5S/c1-21-6-4-5-7-25(21)32-28(37)35-12-10-29(11-13-35)19-33(2)18-24(36)16-31-41(38,39)27-9-8-22(14-26(27)40-20-29)23-15-30-34(3)17-23/h4-9,14-15,17,24,31,36H,10-13,16,18-20H2,1-3H3,(H,32,37). The van der Waals surface area contributed by atoms with Crippen LogP contribution in [-0.2, 0) is 17.1 Å². The number of nitrogens with one attached hydrogen (secondary N) is 2. The molecule has 12 heteroatoms. The second kappa shape index (κ2) is 11.8. The highest BCUT2D eigenvalue weighted by Crippen LogP contribution is 2.37. The molecule has 2 aliphatic heterocycles. The molecule has 11 nitrogen and oxygen atoms in total. The Morgan fingerprint density at radius 2 is 1.90 bits per heavy atom. The number of benzene rings is 2. The van der Waals surface area contributed by atoms with Gasteiger partial charge in [-0.1, -0.05) is 24.3 Å². The molecule has 2 amide bonds. The Morgan fingerprint density at radius 3 is 2.61 bits per heavy atom. The number of hydrogen-bond acceptors (Lipinski definition) is 7. The van der Waals surface area contributed by atoms with E-state index >= 15 is 0 Å². The molecule has 0 bridgehead atoms. The average Bonchev–Trinajstić information content (AvgIpc) is 3.38. The van der Waals surface area contributed by atoms with Crippen molar-refractivity contribution in [3.05, 3.63) is 60.4 Å². The number of aryl methyl sites for hydroxylation is 2. The van der Waals surface area contributed by atoms with E-state index in [1.54, 1.807) is 23.0 Å². The fourth-order valence-corrected chi connectivity index (χ4v) is 6.81. The summed E-state index contributed by atoms with van der Waals surface area (Å²) in [4.78, 5) is 16.9. The lowest BCUT2D eigenvalue weighted by Gasteiger charge is -2.44. The molecule has 3 aromatic rings. The van der Waals surface area contributed by atoms with E-state index in [4.69, 9.17) is 4.74 Å². The maximum Gasteiger partial charge on any atom is 0.321 e. The van der Waals surface area contributed by atoms with Crippen molar-refractivity contribution in [2.45, 2.75) is 30.8 Å². The van der Waals surface area contributed by atoms with Gasteiger partial charge in [-0.25, -0.2) is 17.9 Å². The van der Waals surface area contributed by atoms with Crippen LogP contribution in [0.25, 0.3) is 11.1 Å². The molecule has 0 aliphatic carbocycles. The number of urea groups is 1. The topological polar surface area (TPSA) is 129 Å². The Kier molecular flexibility index (Phi) is 8.37. The van der Waals surface area contributed by atoms with Crippen LogP contribution >= 0.6 is 0 Å². The molecular weight excluding hydrogens is 544 g/mol. The van der Waals surface area contributed by atoms with E-state index in [9.17, 15) is 18.3 Å². The molecule has 1 atom stereocenters. The zero-order chi connectivity index (χ0) is 29.2. The second-order valence-corrected chi connectivity index (χ2v) is 13.0. The monoisotopic (exact) mass is 582 g/mol. The number of aliphatic hydroxyl groups is 1. The molecule has 1 aromatic heterocycles. The lowest BCUT2D eigenvalue weighted by atomic mass is 9.78. The number of aliphatic hydroxyl groups excluding tert-OH is 1. The molecule has 5 rings (SSSR count). The fourth-order valence-electron chi connectivity index (χ4n) is 5.61. The number of nitrogens with zero attached hydrogens (tertiary/aromatic N) is 4. The first-order chi connectivity index (χ1) is 19.5. The first-order valence-electron chi connectivity index (χ1n) is 13.8. The minimum absolute atomic E-state index is 0.0245. The van der Waals surface area contributed by atoms with Crippen molar-refractivity contribution in [1.29, 1.82) is 0 Å². The third kappa shape index (κ3) is 6.72. The predicted octanol–water partition coefficient (Wildman–Crippen LogP) is 2.67. The SMILES string of the molecule is Cc1ccccc1NC(=O)N1CCC2(CC1)COc1cc(-c3cnn(C)c3)ccc1S(=O)(=O)NCC(O)CN(C)C2. The smallest absolute Gasteiger partial charge is 0.321 e. The van der Waals surface area contributed by atoms with E-state index in [1.165, 1.54) is 6.07 Å². The van der Waals surface area contributed by atoms with Crippen LogP contribution in [0.1, 0.15) is 18.4 Å². The van der Waals surface area contributed by atoms with Crippen molar-refractivity contribution in [2.24, 2.45) is 12.5 Å². The average molecular weight is 583 g/mol. The minimum atomic E-state index is -3.94. The summed E-state index contributed by atoms with van der Waals surface area (Å²) >= 11 is 0. The van der Waals surface area contributed by atoms with Gasteiger partial charge in [0.25, 0.3) is 0 Å². The summed E-state index contributed by atoms with van der Waals surface area (Å²) in [5.41, 5.74) is 3.06. The number of amides is 2. The van der Waals surface area contributed by atoms with Crippen LogP contribution in [0.5, 0.6) is 5.75 Å². The molecule has 41 heavy (non-hydrogen) atoms. The van der Waals surface area contributed by atoms with E-state index < -0.39 is 16.1 Å². The number of ether oxygens (including phenoxy) is 1. The number of likely N-dealkylation sites (N-methyl/N-ethyl adjacent to an activating group) is 1. The molecule has 1 spiro atoms. The molecule has 0 saturated carbocycles. The second-order valence-electron chi connectivity index (χ2n) is 11.3. The first-order valence-corrected chi connectivity index (χ1v) is 15.3. The maximum atomic E-state index is 13.3. The van der Waals surface area contributed by atoms with Gasteiger partial charge in [-0.15, -0.1) is 0 Å². The van der Waals surface area contributed by atoms with Crippen molar-refractivity contribution in [3.63, 3.8) is 0 Å². The lowest BCUT2D eigenvalue weighted by Crippen LogP contribution is -2.52. The number of sulfonamides is 1. The molecule has 1 fully saturated rings. The molecule has 1 unspecified atom stereocenters. The number of aromatic nitrogens is 2. The molecule has 1 saturated heterocycles. The van der Waals surface area contributed by atoms with Crippen molar-refractivity contribution in [1.82, 2.24) is 24.3 Å². The van der Waals surface area contributed by atoms with Crippen LogP contribution < -0.4 is 14.8 Å². The van der Waals surface area contributed by atoms with Gasteiger partial charge >= 0.3 is 6.03 Å². The summed E-state index contributed by atoms with van der Waals surface area (Å²) < 4.78 is 37.1. The highest BCUT2D eigenvalue weighted by Gasteiger charge is 2.39. The summed E-state index contributed by atoms with van der Waals surface area (Å²) in [5.74, 6) is 0.246. The zero-order valence-corrected chi connectivity index (χ0v) is 24.5. The van der Waals surface area contributed by atoms with Gasteiger partial charge < -0.3 is 25.0 Å². The van der Waals surface area contributed by atoms with Crippen molar-refractivity contribution >= 4 is 21.7 Å². The Balaban J connectivity index is 1.40. The quantitative estimate of drug-likeness (QED) is 0.424. The number of hydrogen-bond donors (Lipinski definition) is 3. The van der Waals surface area contributed by atoms with Gasteiger partial charge in [0, 0.05) is 62.6 Å². The van der Waals surface area contributed by atoms with Crippen molar-refractivity contribution in [3.8, 4) is 16.9 Å². The maximum absolute atomic E-state index is 13.3. The summed E-state index contributed by atoms with van der Waals surface area (Å²) in [6.45, 7) is 4.09. The number of carbonyl (C=O) groups excluding carboxylic acids is 1. The number of para-hydroxylation sites is 1. The van der Waals surface area contributed by atoms with E-state index in [-0.39, 0.29) is 35.2 Å². The van der Waals surface area contributed by atoms with Gasteiger partial charge in [-0.2, -0.15) is 5.10 Å². The predicted molar refractivity (Wildman–Crippen MR) is 156 cm³/mol. The van der Waals surface area contributed by atoms with Crippen LogP contribution in [0.2, 0.25) is 0 Å². The van der Waals surface area contributed by atoms with Gasteiger partial charge in [0.1, 0.15) is 10.6 Å². The molecule has 3 heterocycles. The van der Waals surface area contributed by atoms with Crippen LogP contribution in [0.4, 0.5) is 10.5 Å². The van der Waals surface area contributed by atoms with E-state index in [1.807, 2.05) is 61.3 Å². The third-order valence-corrected chi connectivity index (χ3v) is 9.40. The van der Waals surface area contributed by atoms with Gasteiger partial charge in [0.15, 0.2) is 0 Å². The number of likely N-dealkylation sites (tertiary alicyclic amines) is 1. The number of carbonyl (C=O) groups is 1. The normalized spacial score (nSPS) is 21.3. The van der Waals surface area contributed by atoms with Crippen LogP contribution in [-0.4, -0.2) is 91.6 Å². The summed E-state index contributed by atoms with van der Waals surface area (Å²) in [5, 5.41) is 17.9. The Morgan fingerprint density at radius 1 is 1.15 bits per heavy atom. The molecule has 0 radical (unpaired) electrons. The molecule has 2 aromatic carbocycles. The van der Waals surface area contributed by atoms with Crippen LogP contribution in [0.3, 0.4) is 0 Å². The third-order valence-electron chi connectivity index (χ3n) is 7.94.